The molecule has 1 saturated heterocycles. The van der Waals surface area contributed by atoms with Crippen LogP contribution in [0.25, 0.3) is 11.3 Å². The molecule has 1 amide bonds. The third kappa shape index (κ3) is 4.72. The Bertz CT molecular complexity index is 1100. The predicted molar refractivity (Wildman–Crippen MR) is 122 cm³/mol. The molecule has 0 aliphatic carbocycles. The number of carbonyl (C=O) groups excluding carboxylic acids is 1. The minimum Gasteiger partial charge on any atom is -0.481 e. The molecule has 166 valence electrons. The van der Waals surface area contributed by atoms with Crippen molar-refractivity contribution >= 4 is 11.7 Å². The van der Waals surface area contributed by atoms with Gasteiger partial charge in [0.15, 0.2) is 6.10 Å². The first-order valence-electron chi connectivity index (χ1n) is 10.8. The molecule has 0 N–H and O–H groups in total. The zero-order valence-corrected chi connectivity index (χ0v) is 18.6. The molecule has 7 heteroatoms. The van der Waals surface area contributed by atoms with Crippen molar-refractivity contribution in [1.29, 1.82) is 0 Å². The molecule has 2 heterocycles. The Balaban J connectivity index is 1.37. The second kappa shape index (κ2) is 9.34. The van der Waals surface area contributed by atoms with Crippen LogP contribution in [0, 0.1) is 19.7 Å². The zero-order chi connectivity index (χ0) is 22.7. The highest BCUT2D eigenvalue weighted by Gasteiger charge is 2.27. The van der Waals surface area contributed by atoms with Gasteiger partial charge < -0.3 is 14.5 Å². The van der Waals surface area contributed by atoms with Gasteiger partial charge in [0.05, 0.1) is 5.69 Å². The highest BCUT2D eigenvalue weighted by atomic mass is 19.1. The largest absolute Gasteiger partial charge is 0.481 e. The summed E-state index contributed by atoms with van der Waals surface area (Å²) in [6.45, 7) is 8.36. The topological polar surface area (TPSA) is 58.6 Å². The number of aryl methyl sites for hydroxylation is 1. The summed E-state index contributed by atoms with van der Waals surface area (Å²) < 4.78 is 19.2. The summed E-state index contributed by atoms with van der Waals surface area (Å²) in [4.78, 5) is 25.6. The third-order valence-electron chi connectivity index (χ3n) is 5.91. The van der Waals surface area contributed by atoms with Crippen molar-refractivity contribution in [2.75, 3.05) is 31.1 Å². The van der Waals surface area contributed by atoms with Gasteiger partial charge in [-0.25, -0.2) is 14.4 Å². The van der Waals surface area contributed by atoms with Crippen LogP contribution in [0.15, 0.2) is 54.9 Å². The summed E-state index contributed by atoms with van der Waals surface area (Å²) in [5.41, 5.74) is 3.77. The summed E-state index contributed by atoms with van der Waals surface area (Å²) in [6.07, 6.45) is 0.970. The van der Waals surface area contributed by atoms with Crippen LogP contribution in [0.1, 0.15) is 18.1 Å². The molecule has 6 nitrogen and oxygen atoms in total. The molecule has 1 unspecified atom stereocenters. The molecule has 1 fully saturated rings. The molecule has 2 aromatic carbocycles. The first-order valence-corrected chi connectivity index (χ1v) is 10.8. The number of aromatic nitrogens is 2. The van der Waals surface area contributed by atoms with Crippen LogP contribution in [-0.4, -0.2) is 53.1 Å². The van der Waals surface area contributed by atoms with Gasteiger partial charge in [0, 0.05) is 37.8 Å². The van der Waals surface area contributed by atoms with Gasteiger partial charge in [0.1, 0.15) is 23.7 Å². The van der Waals surface area contributed by atoms with Gasteiger partial charge in [-0.3, -0.25) is 4.79 Å². The van der Waals surface area contributed by atoms with E-state index in [-0.39, 0.29) is 11.7 Å². The molecule has 1 aliphatic heterocycles. The van der Waals surface area contributed by atoms with Crippen molar-refractivity contribution in [2.45, 2.75) is 26.9 Å². The lowest BCUT2D eigenvalue weighted by Crippen LogP contribution is -2.52. The average molecular weight is 435 g/mol. The van der Waals surface area contributed by atoms with Crippen molar-refractivity contribution in [3.63, 3.8) is 0 Å². The Morgan fingerprint density at radius 2 is 1.75 bits per heavy atom. The van der Waals surface area contributed by atoms with Crippen molar-refractivity contribution in [3.8, 4) is 17.0 Å². The van der Waals surface area contributed by atoms with Crippen molar-refractivity contribution < 1.29 is 13.9 Å². The smallest absolute Gasteiger partial charge is 0.263 e. The van der Waals surface area contributed by atoms with E-state index in [1.807, 2.05) is 43.0 Å². The maximum Gasteiger partial charge on any atom is 0.263 e. The summed E-state index contributed by atoms with van der Waals surface area (Å²) in [5, 5.41) is 0. The number of halogens is 1. The van der Waals surface area contributed by atoms with Crippen LogP contribution in [0.2, 0.25) is 0 Å². The molecule has 1 aliphatic rings. The SMILES string of the molecule is Cc1cccc(OC(C)C(=O)N2CCN(c3cc(-c4ccc(F)cc4)ncn3)CC2)c1C. The lowest BCUT2D eigenvalue weighted by Gasteiger charge is -2.36. The molecule has 32 heavy (non-hydrogen) atoms. The Morgan fingerprint density at radius 3 is 2.47 bits per heavy atom. The average Bonchev–Trinajstić information content (AvgIpc) is 2.82. The van der Waals surface area contributed by atoms with Crippen LogP contribution < -0.4 is 9.64 Å². The monoisotopic (exact) mass is 434 g/mol. The van der Waals surface area contributed by atoms with E-state index >= 15 is 0 Å². The third-order valence-corrected chi connectivity index (χ3v) is 5.91. The molecule has 0 radical (unpaired) electrons. The maximum atomic E-state index is 13.2. The van der Waals surface area contributed by atoms with E-state index in [2.05, 4.69) is 14.9 Å². The molecule has 0 bridgehead atoms. The molecule has 1 atom stereocenters. The van der Waals surface area contributed by atoms with Crippen molar-refractivity contribution in [3.05, 3.63) is 71.8 Å². The fraction of sp³-hybridized carbons (Fsp3) is 0.320. The molecule has 1 aromatic heterocycles. The van der Waals surface area contributed by atoms with Crippen LogP contribution in [0.5, 0.6) is 5.75 Å². The first kappa shape index (κ1) is 21.7. The molecular weight excluding hydrogens is 407 g/mol. The highest BCUT2D eigenvalue weighted by molar-refractivity contribution is 5.81. The lowest BCUT2D eigenvalue weighted by molar-refractivity contribution is -0.138. The Kier molecular flexibility index (Phi) is 6.35. The number of hydrogen-bond acceptors (Lipinski definition) is 5. The van der Waals surface area contributed by atoms with E-state index < -0.39 is 6.10 Å². The van der Waals surface area contributed by atoms with Crippen LogP contribution in [-0.2, 0) is 4.79 Å². The van der Waals surface area contributed by atoms with E-state index in [0.717, 1.165) is 34.0 Å². The number of ether oxygens (including phenoxy) is 1. The predicted octanol–water partition coefficient (Wildman–Crippen LogP) is 4.02. The fourth-order valence-electron chi connectivity index (χ4n) is 3.80. The zero-order valence-electron chi connectivity index (χ0n) is 18.6. The van der Waals surface area contributed by atoms with E-state index in [1.165, 1.54) is 18.5 Å². The minimum absolute atomic E-state index is 0.0137. The Morgan fingerprint density at radius 1 is 1.03 bits per heavy atom. The van der Waals surface area contributed by atoms with Gasteiger partial charge in [-0.2, -0.15) is 0 Å². The standard InChI is InChI=1S/C25H27FN4O2/c1-17-5-4-6-23(18(17)2)32-19(3)25(31)30-13-11-29(12-14-30)24-15-22(27-16-28-24)20-7-9-21(26)10-8-20/h4-10,15-16,19H,11-14H2,1-3H3. The van der Waals surface area contributed by atoms with E-state index in [1.54, 1.807) is 19.1 Å². The summed E-state index contributed by atoms with van der Waals surface area (Å²) in [6, 6.07) is 14.0. The molecule has 4 rings (SSSR count). The van der Waals surface area contributed by atoms with Crippen LogP contribution in [0.3, 0.4) is 0 Å². The number of benzene rings is 2. The van der Waals surface area contributed by atoms with Gasteiger partial charge in [-0.1, -0.05) is 12.1 Å². The number of rotatable bonds is 5. The second-order valence-corrected chi connectivity index (χ2v) is 8.04. The van der Waals surface area contributed by atoms with Gasteiger partial charge in [0.2, 0.25) is 0 Å². The summed E-state index contributed by atoms with van der Waals surface area (Å²) >= 11 is 0. The van der Waals surface area contributed by atoms with Gasteiger partial charge in [-0.15, -0.1) is 0 Å². The highest BCUT2D eigenvalue weighted by Crippen LogP contribution is 2.24. The molecular formula is C25H27FN4O2. The van der Waals surface area contributed by atoms with Crippen LogP contribution >= 0.6 is 0 Å². The normalized spacial score (nSPS) is 14.9. The second-order valence-electron chi connectivity index (χ2n) is 8.04. The number of carbonyl (C=O) groups is 1. The Labute approximate surface area is 187 Å². The van der Waals surface area contributed by atoms with E-state index in [9.17, 15) is 9.18 Å². The van der Waals surface area contributed by atoms with Gasteiger partial charge in [-0.05, 0) is 62.2 Å². The molecule has 0 saturated carbocycles. The number of hydrogen-bond donors (Lipinski definition) is 0. The number of nitrogens with zero attached hydrogens (tertiary/aromatic N) is 4. The number of piperazine rings is 1. The van der Waals surface area contributed by atoms with E-state index in [4.69, 9.17) is 4.74 Å². The molecule has 0 spiro atoms. The fourth-order valence-corrected chi connectivity index (χ4v) is 3.80. The van der Waals surface area contributed by atoms with Gasteiger partial charge >= 0.3 is 0 Å². The minimum atomic E-state index is -0.550. The van der Waals surface area contributed by atoms with E-state index in [0.29, 0.717) is 26.2 Å². The van der Waals surface area contributed by atoms with Gasteiger partial charge in [0.25, 0.3) is 5.91 Å². The Hall–Kier alpha value is -3.48. The lowest BCUT2D eigenvalue weighted by atomic mass is 10.1. The summed E-state index contributed by atoms with van der Waals surface area (Å²) in [5.74, 6) is 1.25. The summed E-state index contributed by atoms with van der Waals surface area (Å²) in [7, 11) is 0. The number of anilines is 1. The molecule has 3 aromatic rings. The quantitative estimate of drug-likeness (QED) is 0.607. The maximum absolute atomic E-state index is 13.2. The first-order chi connectivity index (χ1) is 15.4. The van der Waals surface area contributed by atoms with Crippen LogP contribution in [0.4, 0.5) is 10.2 Å². The number of amides is 1. The van der Waals surface area contributed by atoms with Crippen molar-refractivity contribution in [2.24, 2.45) is 0 Å². The van der Waals surface area contributed by atoms with Crippen molar-refractivity contribution in [1.82, 2.24) is 14.9 Å².